The van der Waals surface area contributed by atoms with Gasteiger partial charge in [-0.1, -0.05) is 72.8 Å². The van der Waals surface area contributed by atoms with E-state index >= 15 is 0 Å². The largest absolute Gasteiger partial charge is 0.379 e. The van der Waals surface area contributed by atoms with Crippen molar-refractivity contribution in [1.29, 1.82) is 0 Å². The molecule has 3 fully saturated rings. The van der Waals surface area contributed by atoms with Crippen LogP contribution in [-0.4, -0.2) is 77.8 Å². The normalized spacial score (nSPS) is 15.8. The summed E-state index contributed by atoms with van der Waals surface area (Å²) in [5.74, 6) is 0. The zero-order valence-corrected chi connectivity index (χ0v) is 49.4. The van der Waals surface area contributed by atoms with Crippen LogP contribution in [0.25, 0.3) is 0 Å². The summed E-state index contributed by atoms with van der Waals surface area (Å²) in [7, 11) is 0. The molecule has 0 spiro atoms. The second kappa shape index (κ2) is 27.8. The molecule has 3 unspecified atom stereocenters. The molecule has 85 heavy (non-hydrogen) atoms. The molecule has 0 saturated carbocycles. The van der Waals surface area contributed by atoms with Gasteiger partial charge in [-0.2, -0.15) is 0 Å². The molecule has 0 N–H and O–H groups in total. The molecule has 9 aromatic carbocycles. The van der Waals surface area contributed by atoms with Gasteiger partial charge in [0.2, 0.25) is 0 Å². The Bertz CT molecular complexity index is 3170. The highest BCUT2D eigenvalue weighted by atomic mass is 16.6. The van der Waals surface area contributed by atoms with Crippen molar-refractivity contribution in [3.8, 4) is 0 Å². The number of epoxide rings is 3. The lowest BCUT2D eigenvalue weighted by Crippen LogP contribution is -2.14. The van der Waals surface area contributed by atoms with Crippen LogP contribution in [0.15, 0.2) is 218 Å². The third-order valence-electron chi connectivity index (χ3n) is 15.8. The third-order valence-corrected chi connectivity index (χ3v) is 15.8. The summed E-state index contributed by atoms with van der Waals surface area (Å²) in [6, 6.07) is 80.3. The van der Waals surface area contributed by atoms with E-state index in [1.54, 1.807) is 0 Å². The molecule has 12 rings (SSSR count). The highest BCUT2D eigenvalue weighted by Crippen LogP contribution is 2.44. The molecule has 0 amide bonds. The topological polar surface area (TPSA) is 78.2 Å². The lowest BCUT2D eigenvalue weighted by atomic mass is 10.1. The van der Waals surface area contributed by atoms with Crippen LogP contribution in [0.4, 0.5) is 68.2 Å². The molecule has 10 heteroatoms. The van der Waals surface area contributed by atoms with Gasteiger partial charge in [-0.05, 0) is 238 Å². The van der Waals surface area contributed by atoms with E-state index in [2.05, 4.69) is 259 Å². The monoisotopic (exact) mass is 1130 g/mol. The quantitative estimate of drug-likeness (QED) is 0.0321. The van der Waals surface area contributed by atoms with Gasteiger partial charge in [-0.15, -0.1) is 0 Å². The van der Waals surface area contributed by atoms with Crippen LogP contribution in [0.1, 0.15) is 52.6 Å². The van der Waals surface area contributed by atoms with Gasteiger partial charge in [0.15, 0.2) is 0 Å². The van der Waals surface area contributed by atoms with E-state index in [1.165, 1.54) is 33.4 Å². The Kier molecular flexibility index (Phi) is 18.7. The molecule has 9 aromatic rings. The van der Waals surface area contributed by atoms with Crippen LogP contribution in [0, 0.1) is 20.8 Å². The van der Waals surface area contributed by atoms with Gasteiger partial charge in [0.05, 0.1) is 39.6 Å². The molecule has 0 aliphatic carbocycles. The van der Waals surface area contributed by atoms with E-state index < -0.39 is 0 Å². The number of anilines is 12. The smallest absolute Gasteiger partial charge is 0.104 e. The van der Waals surface area contributed by atoms with Crippen LogP contribution >= 0.6 is 0 Å². The fourth-order valence-corrected chi connectivity index (χ4v) is 11.0. The number of nitrogens with zero attached hydrogens (tertiary/aromatic N) is 4. The van der Waals surface area contributed by atoms with Crippen molar-refractivity contribution in [1.82, 2.24) is 0 Å². The number of hydrogen-bond donors (Lipinski definition) is 0. The second-order valence-corrected chi connectivity index (χ2v) is 22.8. The SMILES string of the molecule is Cc1cccc(N(c2ccc(CCCOCC3CO3)cc2)c2ccc(N(c3ccc(N(c4ccc(CCCOCC5CO5)cc4)c4cccc(C)c4)cc3)c3ccc(N(c4ccc(CCCOCC5CO5)cc4)c4cccc(C)c4)cc3)cc2)c1. The van der Waals surface area contributed by atoms with Gasteiger partial charge in [0, 0.05) is 88.1 Å². The zero-order chi connectivity index (χ0) is 57.7. The first-order valence-electron chi connectivity index (χ1n) is 30.4. The van der Waals surface area contributed by atoms with E-state index in [-0.39, 0.29) is 0 Å². The molecule has 3 heterocycles. The third kappa shape index (κ3) is 15.6. The predicted octanol–water partition coefficient (Wildman–Crippen LogP) is 17.5. The molecule has 3 atom stereocenters. The fraction of sp³-hybridized carbons (Fsp3) is 0.280. The average molecular weight is 1130 g/mol. The number of rotatable bonds is 30. The van der Waals surface area contributed by atoms with Crippen molar-refractivity contribution in [2.24, 2.45) is 0 Å². The highest BCUT2D eigenvalue weighted by Gasteiger charge is 2.25. The second-order valence-electron chi connectivity index (χ2n) is 22.8. The summed E-state index contributed by atoms with van der Waals surface area (Å²) in [6.07, 6.45) is 6.65. The van der Waals surface area contributed by atoms with Gasteiger partial charge < -0.3 is 48.0 Å². The molecule has 3 aliphatic heterocycles. The lowest BCUT2D eigenvalue weighted by Gasteiger charge is -2.30. The maximum atomic E-state index is 5.85. The van der Waals surface area contributed by atoms with E-state index in [4.69, 9.17) is 28.4 Å². The van der Waals surface area contributed by atoms with Crippen molar-refractivity contribution in [2.45, 2.75) is 77.6 Å². The van der Waals surface area contributed by atoms with E-state index in [9.17, 15) is 0 Å². The molecule has 3 aliphatic rings. The number of aryl methyl sites for hydroxylation is 6. The molecular weight excluding hydrogens is 1050 g/mol. The standard InChI is InChI=1S/C75H78N4O6/c1-55-10-4-16-70(46-55)77(61-25-19-58(20-26-61)13-7-43-80-49-73-52-83-73)67-37-31-64(32-38-67)76(65-33-39-68(40-34-65)78(71-17-5-11-56(2)47-71)62-27-21-59(22-28-62)14-8-44-81-50-74-53-84-74)66-35-41-69(42-36-66)79(72-18-6-12-57(3)48-72)63-29-23-60(24-30-63)15-9-45-82-51-75-54-85-75/h4-6,10-12,16-42,46-48,73-75H,7-9,13-15,43-45,49-54H2,1-3H3. The van der Waals surface area contributed by atoms with Crippen molar-refractivity contribution in [2.75, 3.05) is 79.1 Å². The molecule has 0 radical (unpaired) electrons. The van der Waals surface area contributed by atoms with Crippen LogP contribution in [0.2, 0.25) is 0 Å². The first-order valence-corrected chi connectivity index (χ1v) is 30.4. The van der Waals surface area contributed by atoms with E-state index in [0.717, 1.165) is 146 Å². The number of benzene rings is 9. The minimum atomic E-state index is 0.290. The zero-order valence-electron chi connectivity index (χ0n) is 49.4. The first kappa shape index (κ1) is 57.4. The number of ether oxygens (including phenoxy) is 6. The van der Waals surface area contributed by atoms with Crippen LogP contribution < -0.4 is 19.6 Å². The summed E-state index contributed by atoms with van der Waals surface area (Å²) in [4.78, 5) is 9.43. The summed E-state index contributed by atoms with van der Waals surface area (Å²) in [5.41, 5.74) is 20.4. The summed E-state index contributed by atoms with van der Waals surface area (Å²) < 4.78 is 33.5. The summed E-state index contributed by atoms with van der Waals surface area (Å²) >= 11 is 0. The summed E-state index contributed by atoms with van der Waals surface area (Å²) in [5, 5.41) is 0. The first-order chi connectivity index (χ1) is 41.8. The average Bonchev–Trinajstić information content (AvgIpc) is 4.14. The Morgan fingerprint density at radius 1 is 0.294 bits per heavy atom. The predicted molar refractivity (Wildman–Crippen MR) is 346 cm³/mol. The fourth-order valence-electron chi connectivity index (χ4n) is 11.0. The molecule has 0 aromatic heterocycles. The Balaban J connectivity index is 0.861. The lowest BCUT2D eigenvalue weighted by molar-refractivity contribution is 0.114. The maximum absolute atomic E-state index is 5.85. The Labute approximate surface area is 502 Å². The van der Waals surface area contributed by atoms with Gasteiger partial charge >= 0.3 is 0 Å². The molecular formula is C75H78N4O6. The Hall–Kier alpha value is -8.06. The van der Waals surface area contributed by atoms with Crippen LogP contribution in [-0.2, 0) is 47.7 Å². The van der Waals surface area contributed by atoms with Gasteiger partial charge in [-0.3, -0.25) is 0 Å². The Morgan fingerprint density at radius 2 is 0.506 bits per heavy atom. The minimum Gasteiger partial charge on any atom is -0.379 e. The molecule has 0 bridgehead atoms. The van der Waals surface area contributed by atoms with E-state index in [1.807, 2.05) is 0 Å². The van der Waals surface area contributed by atoms with Crippen molar-refractivity contribution in [3.05, 3.63) is 252 Å². The summed E-state index contributed by atoms with van der Waals surface area (Å²) in [6.45, 7) is 13.2. The van der Waals surface area contributed by atoms with Gasteiger partial charge in [0.25, 0.3) is 0 Å². The van der Waals surface area contributed by atoms with Crippen LogP contribution in [0.3, 0.4) is 0 Å². The van der Waals surface area contributed by atoms with Crippen molar-refractivity contribution < 1.29 is 28.4 Å². The molecule has 434 valence electrons. The van der Waals surface area contributed by atoms with Gasteiger partial charge in [-0.25, -0.2) is 0 Å². The van der Waals surface area contributed by atoms with Gasteiger partial charge in [0.1, 0.15) is 18.3 Å². The highest BCUT2D eigenvalue weighted by molar-refractivity contribution is 5.85. The maximum Gasteiger partial charge on any atom is 0.104 e. The van der Waals surface area contributed by atoms with Crippen molar-refractivity contribution >= 4 is 68.2 Å². The van der Waals surface area contributed by atoms with Crippen molar-refractivity contribution in [3.63, 3.8) is 0 Å². The minimum absolute atomic E-state index is 0.290. The molecule has 3 saturated heterocycles. The van der Waals surface area contributed by atoms with Crippen LogP contribution in [0.5, 0.6) is 0 Å². The van der Waals surface area contributed by atoms with E-state index in [0.29, 0.717) is 38.1 Å². The number of hydrogen-bond acceptors (Lipinski definition) is 10. The molecule has 10 nitrogen and oxygen atoms in total. The Morgan fingerprint density at radius 3 is 0.718 bits per heavy atom.